The van der Waals surface area contributed by atoms with Crippen LogP contribution in [0.15, 0.2) is 48.0 Å². The van der Waals surface area contributed by atoms with Gasteiger partial charge in [0.05, 0.1) is 18.3 Å². The first-order valence-corrected chi connectivity index (χ1v) is 8.51. The summed E-state index contributed by atoms with van der Waals surface area (Å²) in [6.45, 7) is 2.36. The maximum absolute atomic E-state index is 12.6. The molecule has 0 spiro atoms. The van der Waals surface area contributed by atoms with Gasteiger partial charge in [-0.1, -0.05) is 0 Å². The van der Waals surface area contributed by atoms with Gasteiger partial charge in [-0.25, -0.2) is 4.98 Å². The Bertz CT molecular complexity index is 950. The zero-order valence-electron chi connectivity index (χ0n) is 12.7. The van der Waals surface area contributed by atoms with E-state index in [2.05, 4.69) is 14.7 Å². The second kappa shape index (κ2) is 5.88. The molecule has 0 radical (unpaired) electrons. The smallest absolute Gasteiger partial charge is 0.295 e. The van der Waals surface area contributed by atoms with E-state index in [1.807, 2.05) is 13.0 Å². The highest BCUT2D eigenvalue weighted by Crippen LogP contribution is 2.30. The average Bonchev–Trinajstić information content (AvgIpc) is 3.05. The van der Waals surface area contributed by atoms with Gasteiger partial charge in [0.1, 0.15) is 5.75 Å². The normalized spacial score (nSPS) is 11.6. The quantitative estimate of drug-likeness (QED) is 0.774. The number of nitrogens with zero attached hydrogens (tertiary/aromatic N) is 3. The lowest BCUT2D eigenvalue weighted by atomic mass is 10.2. The monoisotopic (exact) mass is 332 g/mol. The summed E-state index contributed by atoms with van der Waals surface area (Å²) >= 11 is 0. The highest BCUT2D eigenvalue weighted by Gasteiger charge is 2.21. The van der Waals surface area contributed by atoms with E-state index in [-0.39, 0.29) is 5.16 Å². The van der Waals surface area contributed by atoms with Crippen molar-refractivity contribution in [1.29, 1.82) is 0 Å². The number of hydrogen-bond acceptors (Lipinski definition) is 5. The van der Waals surface area contributed by atoms with Gasteiger partial charge in [0.25, 0.3) is 10.0 Å². The molecule has 0 atom stereocenters. The molecule has 3 rings (SSSR count). The molecule has 1 aromatic carbocycles. The van der Waals surface area contributed by atoms with Gasteiger partial charge in [-0.05, 0) is 31.2 Å². The molecule has 120 valence electrons. The molecule has 0 aliphatic rings. The second-order valence-electron chi connectivity index (χ2n) is 4.82. The molecule has 0 fully saturated rings. The van der Waals surface area contributed by atoms with Crippen LogP contribution < -0.4 is 9.46 Å². The largest absolute Gasteiger partial charge is 0.496 e. The number of aryl methyl sites for hydroxylation is 1. The van der Waals surface area contributed by atoms with Gasteiger partial charge in [0.2, 0.25) is 5.16 Å². The van der Waals surface area contributed by atoms with Crippen molar-refractivity contribution < 1.29 is 13.2 Å². The van der Waals surface area contributed by atoms with Crippen LogP contribution in [0.5, 0.6) is 5.75 Å². The second-order valence-corrected chi connectivity index (χ2v) is 6.39. The Morgan fingerprint density at radius 1 is 1.22 bits per heavy atom. The third-order valence-corrected chi connectivity index (χ3v) is 4.76. The van der Waals surface area contributed by atoms with Crippen molar-refractivity contribution in [1.82, 2.24) is 14.5 Å². The van der Waals surface area contributed by atoms with Crippen LogP contribution in [0.25, 0.3) is 10.9 Å². The first kappa shape index (κ1) is 15.3. The van der Waals surface area contributed by atoms with Gasteiger partial charge >= 0.3 is 0 Å². The minimum Gasteiger partial charge on any atom is -0.496 e. The molecule has 0 aliphatic heterocycles. The van der Waals surface area contributed by atoms with E-state index in [0.29, 0.717) is 23.5 Å². The van der Waals surface area contributed by atoms with Gasteiger partial charge in [-0.2, -0.15) is 8.42 Å². The molecule has 7 nitrogen and oxygen atoms in total. The molecule has 8 heteroatoms. The number of benzene rings is 1. The first-order valence-electron chi connectivity index (χ1n) is 7.02. The van der Waals surface area contributed by atoms with Crippen molar-refractivity contribution in [3.05, 3.63) is 42.9 Å². The standard InChI is InChI=1S/C15H16N4O3S/c1-3-19-10-9-17-15(19)23(20,21)18-12-6-7-13(22-2)11-5-4-8-16-14(11)12/h4-10,18H,3H2,1-2H3. The minimum absolute atomic E-state index is 0.0279. The fourth-order valence-corrected chi connectivity index (χ4v) is 3.62. The molecule has 2 heterocycles. The molecule has 0 unspecified atom stereocenters. The molecule has 0 bridgehead atoms. The molecule has 0 saturated heterocycles. The summed E-state index contributed by atoms with van der Waals surface area (Å²) in [5.41, 5.74) is 0.900. The fourth-order valence-electron chi connectivity index (χ4n) is 2.38. The van der Waals surface area contributed by atoms with Crippen molar-refractivity contribution in [3.8, 4) is 5.75 Å². The van der Waals surface area contributed by atoms with Crippen LogP contribution in [0.4, 0.5) is 5.69 Å². The van der Waals surface area contributed by atoms with Gasteiger partial charge in [0, 0.05) is 30.5 Å². The summed E-state index contributed by atoms with van der Waals surface area (Å²) in [4.78, 5) is 8.20. The zero-order valence-corrected chi connectivity index (χ0v) is 13.5. The van der Waals surface area contributed by atoms with Crippen LogP contribution in [-0.4, -0.2) is 30.1 Å². The summed E-state index contributed by atoms with van der Waals surface area (Å²) in [7, 11) is -2.24. The number of imidazole rings is 1. The number of hydrogen-bond donors (Lipinski definition) is 1. The van der Waals surface area contributed by atoms with Crippen LogP contribution in [-0.2, 0) is 16.6 Å². The van der Waals surface area contributed by atoms with Gasteiger partial charge in [0.15, 0.2) is 0 Å². The van der Waals surface area contributed by atoms with Crippen LogP contribution in [0.3, 0.4) is 0 Å². The Hall–Kier alpha value is -2.61. The van der Waals surface area contributed by atoms with Gasteiger partial charge in [-0.3, -0.25) is 9.71 Å². The number of sulfonamides is 1. The summed E-state index contributed by atoms with van der Waals surface area (Å²) in [5, 5.41) is 0.703. The van der Waals surface area contributed by atoms with Crippen molar-refractivity contribution in [2.75, 3.05) is 11.8 Å². The Labute approximate surface area is 134 Å². The summed E-state index contributed by atoms with van der Waals surface area (Å²) < 4.78 is 34.6. The number of aromatic nitrogens is 3. The summed E-state index contributed by atoms with van der Waals surface area (Å²) in [5.74, 6) is 0.631. The number of methoxy groups -OCH3 is 1. The van der Waals surface area contributed by atoms with Gasteiger partial charge in [-0.15, -0.1) is 0 Å². The molecule has 1 N–H and O–H groups in total. The number of rotatable bonds is 5. The maximum Gasteiger partial charge on any atom is 0.295 e. The first-order chi connectivity index (χ1) is 11.1. The van der Waals surface area contributed by atoms with Gasteiger partial charge < -0.3 is 9.30 Å². The van der Waals surface area contributed by atoms with E-state index >= 15 is 0 Å². The van der Waals surface area contributed by atoms with Crippen molar-refractivity contribution >= 4 is 26.6 Å². The van der Waals surface area contributed by atoms with E-state index in [4.69, 9.17) is 4.74 Å². The van der Waals surface area contributed by atoms with E-state index in [9.17, 15) is 8.42 Å². The lowest BCUT2D eigenvalue weighted by Gasteiger charge is -2.12. The summed E-state index contributed by atoms with van der Waals surface area (Å²) in [6, 6.07) is 6.93. The molecular formula is C15H16N4O3S. The lowest BCUT2D eigenvalue weighted by molar-refractivity contribution is 0.420. The lowest BCUT2D eigenvalue weighted by Crippen LogP contribution is -2.18. The number of ether oxygens (including phenoxy) is 1. The number of fused-ring (bicyclic) bond motifs is 1. The third kappa shape index (κ3) is 2.72. The fraction of sp³-hybridized carbons (Fsp3) is 0.200. The zero-order chi connectivity index (χ0) is 16.4. The Balaban J connectivity index is 2.09. The molecular weight excluding hydrogens is 316 g/mol. The molecule has 0 aliphatic carbocycles. The Kier molecular flexibility index (Phi) is 3.91. The van der Waals surface area contributed by atoms with Crippen LogP contribution in [0.2, 0.25) is 0 Å². The predicted octanol–water partition coefficient (Wildman–Crippen LogP) is 2.26. The van der Waals surface area contributed by atoms with E-state index in [0.717, 1.165) is 5.39 Å². The molecule has 23 heavy (non-hydrogen) atoms. The molecule has 0 saturated carbocycles. The molecule has 2 aromatic heterocycles. The van der Waals surface area contributed by atoms with E-state index in [1.165, 1.54) is 6.20 Å². The Morgan fingerprint density at radius 3 is 2.78 bits per heavy atom. The number of pyridine rings is 1. The topological polar surface area (TPSA) is 86.1 Å². The third-order valence-electron chi connectivity index (χ3n) is 3.45. The number of nitrogens with one attached hydrogen (secondary N) is 1. The number of anilines is 1. The van der Waals surface area contributed by atoms with Crippen molar-refractivity contribution in [3.63, 3.8) is 0 Å². The summed E-state index contributed by atoms with van der Waals surface area (Å²) in [6.07, 6.45) is 4.69. The Morgan fingerprint density at radius 2 is 2.04 bits per heavy atom. The maximum atomic E-state index is 12.6. The highest BCUT2D eigenvalue weighted by molar-refractivity contribution is 7.92. The van der Waals surface area contributed by atoms with Crippen molar-refractivity contribution in [2.24, 2.45) is 0 Å². The van der Waals surface area contributed by atoms with Crippen LogP contribution in [0.1, 0.15) is 6.92 Å². The predicted molar refractivity (Wildman–Crippen MR) is 87.0 cm³/mol. The van der Waals surface area contributed by atoms with Crippen LogP contribution in [0, 0.1) is 0 Å². The van der Waals surface area contributed by atoms with Crippen molar-refractivity contribution in [2.45, 2.75) is 18.6 Å². The van der Waals surface area contributed by atoms with E-state index < -0.39 is 10.0 Å². The van der Waals surface area contributed by atoms with Crippen LogP contribution >= 0.6 is 0 Å². The molecule has 3 aromatic rings. The minimum atomic E-state index is -3.80. The van der Waals surface area contributed by atoms with E-state index in [1.54, 1.807) is 42.3 Å². The average molecular weight is 332 g/mol. The SMILES string of the molecule is CCn1ccnc1S(=O)(=O)Nc1ccc(OC)c2cccnc12. The highest BCUT2D eigenvalue weighted by atomic mass is 32.2. The molecule has 0 amide bonds.